The summed E-state index contributed by atoms with van der Waals surface area (Å²) in [5, 5.41) is 0. The molecule has 0 aromatic heterocycles. The van der Waals surface area contributed by atoms with E-state index in [0.29, 0.717) is 44.9 Å². The van der Waals surface area contributed by atoms with Crippen LogP contribution in [0.25, 0.3) is 11.1 Å². The molecule has 2 fully saturated rings. The third-order valence-electron chi connectivity index (χ3n) is 7.47. The summed E-state index contributed by atoms with van der Waals surface area (Å²) >= 11 is 0. The molecule has 5 heteroatoms. The number of piperidine rings is 1. The Hall–Kier alpha value is -2.92. The highest BCUT2D eigenvalue weighted by Crippen LogP contribution is 2.44. The summed E-state index contributed by atoms with van der Waals surface area (Å²) in [5.74, 6) is 0.352. The number of morpholine rings is 1. The Kier molecular flexibility index (Phi) is 6.55. The van der Waals surface area contributed by atoms with E-state index >= 15 is 0 Å². The average molecular weight is 460 g/mol. The van der Waals surface area contributed by atoms with E-state index in [1.807, 2.05) is 17.0 Å². The molecule has 2 bridgehead atoms. The van der Waals surface area contributed by atoms with Gasteiger partial charge < -0.3 is 9.47 Å². The van der Waals surface area contributed by atoms with Crippen LogP contribution in [0.15, 0.2) is 60.2 Å². The highest BCUT2D eigenvalue weighted by atomic mass is 16.6. The van der Waals surface area contributed by atoms with Gasteiger partial charge in [-0.15, -0.1) is 0 Å². The molecule has 1 amide bonds. The van der Waals surface area contributed by atoms with Crippen LogP contribution in [0.5, 0.6) is 0 Å². The van der Waals surface area contributed by atoms with Crippen molar-refractivity contribution in [1.82, 2.24) is 4.90 Å². The smallest absolute Gasteiger partial charge is 0.410 e. The molecule has 34 heavy (non-hydrogen) atoms. The molecule has 5 rings (SSSR count). The van der Waals surface area contributed by atoms with E-state index in [4.69, 9.17) is 9.47 Å². The van der Waals surface area contributed by atoms with E-state index in [1.165, 1.54) is 27.8 Å². The van der Waals surface area contributed by atoms with Crippen LogP contribution in [-0.2, 0) is 14.3 Å². The van der Waals surface area contributed by atoms with Gasteiger partial charge in [0.05, 0.1) is 25.3 Å². The Morgan fingerprint density at radius 2 is 1.56 bits per heavy atom. The number of amides is 1. The number of allylic oxidation sites excluding steroid dienone is 2. The lowest BCUT2D eigenvalue weighted by Gasteiger charge is -2.47. The molecule has 2 atom stereocenters. The Labute approximate surface area is 201 Å². The maximum absolute atomic E-state index is 13.3. The summed E-state index contributed by atoms with van der Waals surface area (Å²) in [4.78, 5) is 27.9. The molecular weight excluding hydrogens is 426 g/mol. The van der Waals surface area contributed by atoms with Gasteiger partial charge in [-0.25, -0.2) is 4.79 Å². The molecular formula is C29H33NO4. The number of carbonyl (C=O) groups excluding carboxylic acids is 2. The molecule has 0 N–H and O–H groups in total. The quantitative estimate of drug-likeness (QED) is 0.518. The third-order valence-corrected chi connectivity index (χ3v) is 7.47. The van der Waals surface area contributed by atoms with Crippen LogP contribution < -0.4 is 0 Å². The van der Waals surface area contributed by atoms with Gasteiger partial charge in [0, 0.05) is 18.3 Å². The topological polar surface area (TPSA) is 55.8 Å². The zero-order valence-electron chi connectivity index (χ0n) is 20.0. The minimum atomic E-state index is -0.282. The van der Waals surface area contributed by atoms with E-state index in [-0.39, 0.29) is 30.0 Å². The van der Waals surface area contributed by atoms with Crippen LogP contribution in [-0.4, -0.2) is 48.7 Å². The Bertz CT molecular complexity index is 1040. The van der Waals surface area contributed by atoms with Crippen molar-refractivity contribution in [1.29, 1.82) is 0 Å². The summed E-state index contributed by atoms with van der Waals surface area (Å²) in [6, 6.07) is 16.5. The van der Waals surface area contributed by atoms with Gasteiger partial charge in [0.25, 0.3) is 0 Å². The lowest BCUT2D eigenvalue weighted by molar-refractivity contribution is -0.131. The summed E-state index contributed by atoms with van der Waals surface area (Å²) in [5.41, 5.74) is 6.10. The molecule has 2 aromatic carbocycles. The second kappa shape index (κ2) is 9.75. The highest BCUT2D eigenvalue weighted by molar-refractivity contribution is 5.82. The van der Waals surface area contributed by atoms with Crippen molar-refractivity contribution < 1.29 is 19.1 Å². The van der Waals surface area contributed by atoms with Crippen molar-refractivity contribution in [2.24, 2.45) is 5.92 Å². The van der Waals surface area contributed by atoms with Gasteiger partial charge in [-0.1, -0.05) is 60.2 Å². The second-order valence-electron chi connectivity index (χ2n) is 10.0. The maximum Gasteiger partial charge on any atom is 0.410 e. The third kappa shape index (κ3) is 4.41. The zero-order chi connectivity index (χ0) is 23.7. The van der Waals surface area contributed by atoms with Crippen molar-refractivity contribution in [3.05, 3.63) is 71.3 Å². The van der Waals surface area contributed by atoms with Gasteiger partial charge in [0.15, 0.2) is 0 Å². The van der Waals surface area contributed by atoms with Gasteiger partial charge in [0.1, 0.15) is 12.4 Å². The van der Waals surface area contributed by atoms with Crippen LogP contribution in [0, 0.1) is 5.92 Å². The van der Waals surface area contributed by atoms with Gasteiger partial charge in [-0.3, -0.25) is 9.69 Å². The minimum absolute atomic E-state index is 0.00194. The molecule has 0 saturated carbocycles. The molecule has 1 aliphatic carbocycles. The van der Waals surface area contributed by atoms with E-state index < -0.39 is 0 Å². The van der Waals surface area contributed by atoms with Crippen molar-refractivity contribution in [2.75, 3.05) is 19.8 Å². The number of ketones is 1. The van der Waals surface area contributed by atoms with Crippen LogP contribution in [0.2, 0.25) is 0 Å². The Morgan fingerprint density at radius 3 is 2.15 bits per heavy atom. The molecule has 0 radical (unpaired) electrons. The van der Waals surface area contributed by atoms with Crippen molar-refractivity contribution in [3.63, 3.8) is 0 Å². The molecule has 2 aliphatic heterocycles. The lowest BCUT2D eigenvalue weighted by Crippen LogP contribution is -2.60. The van der Waals surface area contributed by atoms with Gasteiger partial charge in [0.2, 0.25) is 0 Å². The van der Waals surface area contributed by atoms with E-state index in [0.717, 1.165) is 6.42 Å². The molecule has 0 spiro atoms. The van der Waals surface area contributed by atoms with E-state index in [1.54, 1.807) is 0 Å². The number of Topliss-reactive ketones (excluding diaryl/α,β-unsaturated/α-hetero) is 1. The first-order valence-corrected chi connectivity index (χ1v) is 12.4. The molecule has 178 valence electrons. The van der Waals surface area contributed by atoms with Crippen LogP contribution in [0.4, 0.5) is 4.79 Å². The minimum Gasteiger partial charge on any atom is -0.448 e. The van der Waals surface area contributed by atoms with Gasteiger partial charge in [-0.2, -0.15) is 0 Å². The van der Waals surface area contributed by atoms with Crippen LogP contribution >= 0.6 is 0 Å². The van der Waals surface area contributed by atoms with Gasteiger partial charge >= 0.3 is 6.09 Å². The Balaban J connectivity index is 1.25. The standard InChI is InChI=1S/C29H33NO4/c1-19(2)8-7-13-28(31)20-14-21-16-33-17-22(15-20)30(21)29(32)34-18-27-25-11-5-3-9-23(25)24-10-4-6-12-26(24)27/h3-6,8-12,20-22,27H,7,13-18H2,1-2H3. The average Bonchev–Trinajstić information content (AvgIpc) is 3.15. The normalized spacial score (nSPS) is 23.1. The summed E-state index contributed by atoms with van der Waals surface area (Å²) < 4.78 is 11.7. The maximum atomic E-state index is 13.3. The molecule has 2 saturated heterocycles. The number of nitrogens with zero attached hydrogens (tertiary/aromatic N) is 1. The van der Waals surface area contributed by atoms with Crippen LogP contribution in [0.1, 0.15) is 56.6 Å². The molecule has 2 heterocycles. The Morgan fingerprint density at radius 1 is 0.971 bits per heavy atom. The fraction of sp³-hybridized carbons (Fsp3) is 0.448. The lowest BCUT2D eigenvalue weighted by atomic mass is 9.81. The van der Waals surface area contributed by atoms with E-state index in [9.17, 15) is 9.59 Å². The largest absolute Gasteiger partial charge is 0.448 e. The molecule has 2 aromatic rings. The summed E-state index contributed by atoms with van der Waals surface area (Å²) in [6.45, 7) is 5.36. The number of ether oxygens (including phenoxy) is 2. The first-order valence-electron chi connectivity index (χ1n) is 12.4. The van der Waals surface area contributed by atoms with Crippen molar-refractivity contribution in [2.45, 2.75) is 57.5 Å². The van der Waals surface area contributed by atoms with Crippen molar-refractivity contribution >= 4 is 11.9 Å². The van der Waals surface area contributed by atoms with Gasteiger partial charge in [-0.05, 0) is 55.4 Å². The zero-order valence-corrected chi connectivity index (χ0v) is 20.0. The van der Waals surface area contributed by atoms with E-state index in [2.05, 4.69) is 56.3 Å². The number of carbonyl (C=O) groups is 2. The molecule has 3 aliphatic rings. The fourth-order valence-corrected chi connectivity index (χ4v) is 5.85. The number of hydrogen-bond donors (Lipinski definition) is 0. The summed E-state index contributed by atoms with van der Waals surface area (Å²) in [7, 11) is 0. The number of rotatable bonds is 6. The van der Waals surface area contributed by atoms with Crippen molar-refractivity contribution in [3.8, 4) is 11.1 Å². The number of hydrogen-bond acceptors (Lipinski definition) is 4. The molecule has 2 unspecified atom stereocenters. The number of benzene rings is 2. The second-order valence-corrected chi connectivity index (χ2v) is 10.0. The predicted molar refractivity (Wildman–Crippen MR) is 132 cm³/mol. The predicted octanol–water partition coefficient (Wildman–Crippen LogP) is 5.73. The first kappa shape index (κ1) is 22.9. The van der Waals surface area contributed by atoms with Crippen LogP contribution in [0.3, 0.4) is 0 Å². The monoisotopic (exact) mass is 459 g/mol. The summed E-state index contributed by atoms with van der Waals surface area (Å²) in [6.07, 6.45) is 4.52. The highest BCUT2D eigenvalue weighted by Gasteiger charge is 2.44. The SMILES string of the molecule is CC(C)=CCCC(=O)C1CC2COCC(C1)N2C(=O)OCC1c2ccccc2-c2ccccc21. The number of fused-ring (bicyclic) bond motifs is 5. The first-order chi connectivity index (χ1) is 16.5. The molecule has 5 nitrogen and oxygen atoms in total. The fourth-order valence-electron chi connectivity index (χ4n) is 5.85.